The van der Waals surface area contributed by atoms with E-state index in [0.29, 0.717) is 39.2 Å². The second-order valence-corrected chi connectivity index (χ2v) is 11.5. The predicted octanol–water partition coefficient (Wildman–Crippen LogP) is 5.88. The third-order valence-electron chi connectivity index (χ3n) is 5.58. The molecule has 4 rings (SSSR count). The molecule has 0 aliphatic heterocycles. The SMILES string of the molecule is CC(C)(C)NS(=O)(=O)c1ccccc1-c1ccc(NC(=O)C(=Cc2cccc(C#N)c2)c2ccccn2)cc1. The van der Waals surface area contributed by atoms with Crippen molar-refractivity contribution in [2.75, 3.05) is 5.32 Å². The number of sulfonamides is 1. The number of nitrogens with zero attached hydrogens (tertiary/aromatic N) is 2. The van der Waals surface area contributed by atoms with E-state index in [0.717, 1.165) is 0 Å². The molecule has 0 saturated heterocycles. The zero-order valence-electron chi connectivity index (χ0n) is 21.8. The summed E-state index contributed by atoms with van der Waals surface area (Å²) in [5, 5.41) is 12.1. The maximum atomic E-state index is 13.4. The first-order valence-corrected chi connectivity index (χ1v) is 13.7. The molecule has 0 saturated carbocycles. The first-order chi connectivity index (χ1) is 18.6. The number of nitrogens with one attached hydrogen (secondary N) is 2. The maximum Gasteiger partial charge on any atom is 0.257 e. The predicted molar refractivity (Wildman–Crippen MR) is 154 cm³/mol. The molecule has 0 aliphatic rings. The fourth-order valence-corrected chi connectivity index (χ4v) is 5.62. The second kappa shape index (κ2) is 11.4. The fourth-order valence-electron chi connectivity index (χ4n) is 3.97. The summed E-state index contributed by atoms with van der Waals surface area (Å²) in [5.74, 6) is -0.374. The number of hydrogen-bond donors (Lipinski definition) is 2. The molecule has 0 fully saturated rings. The van der Waals surface area contributed by atoms with Crippen LogP contribution in [0.4, 0.5) is 5.69 Å². The van der Waals surface area contributed by atoms with Crippen molar-refractivity contribution in [1.29, 1.82) is 5.26 Å². The van der Waals surface area contributed by atoms with E-state index >= 15 is 0 Å². The van der Waals surface area contributed by atoms with Crippen molar-refractivity contribution in [1.82, 2.24) is 9.71 Å². The monoisotopic (exact) mass is 536 g/mol. The molecule has 3 aromatic carbocycles. The van der Waals surface area contributed by atoms with Gasteiger partial charge in [0.15, 0.2) is 0 Å². The van der Waals surface area contributed by atoms with Crippen LogP contribution in [0.2, 0.25) is 0 Å². The van der Waals surface area contributed by atoms with Gasteiger partial charge < -0.3 is 5.32 Å². The van der Waals surface area contributed by atoms with Crippen LogP contribution in [0, 0.1) is 11.3 Å². The normalized spacial score (nSPS) is 12.0. The van der Waals surface area contributed by atoms with Crippen molar-refractivity contribution < 1.29 is 13.2 Å². The lowest BCUT2D eigenvalue weighted by molar-refractivity contribution is -0.111. The molecule has 0 bridgehead atoms. The van der Waals surface area contributed by atoms with Gasteiger partial charge in [0.25, 0.3) is 5.91 Å². The summed E-state index contributed by atoms with van der Waals surface area (Å²) in [6, 6.07) is 28.1. The van der Waals surface area contributed by atoms with Crippen LogP contribution in [0.1, 0.15) is 37.6 Å². The third kappa shape index (κ3) is 7.05. The minimum atomic E-state index is -3.76. The van der Waals surface area contributed by atoms with Gasteiger partial charge in [0, 0.05) is 23.0 Å². The number of amides is 1. The van der Waals surface area contributed by atoms with Gasteiger partial charge in [0.2, 0.25) is 10.0 Å². The number of hydrogen-bond acceptors (Lipinski definition) is 5. The van der Waals surface area contributed by atoms with Crippen LogP contribution in [-0.4, -0.2) is 24.8 Å². The van der Waals surface area contributed by atoms with Crippen LogP contribution in [0.5, 0.6) is 0 Å². The van der Waals surface area contributed by atoms with Crippen LogP contribution >= 0.6 is 0 Å². The summed E-state index contributed by atoms with van der Waals surface area (Å²) >= 11 is 0. The molecule has 0 aliphatic carbocycles. The summed E-state index contributed by atoms with van der Waals surface area (Å²) in [7, 11) is -3.76. The highest BCUT2D eigenvalue weighted by atomic mass is 32.2. The van der Waals surface area contributed by atoms with Crippen molar-refractivity contribution in [3.05, 3.63) is 114 Å². The Morgan fingerprint density at radius 3 is 2.31 bits per heavy atom. The number of rotatable bonds is 7. The quantitative estimate of drug-likeness (QED) is 0.287. The number of nitriles is 1. The summed E-state index contributed by atoms with van der Waals surface area (Å²) in [6.07, 6.45) is 3.30. The molecule has 7 nitrogen and oxygen atoms in total. The summed E-state index contributed by atoms with van der Waals surface area (Å²) in [5.41, 5.74) is 3.15. The summed E-state index contributed by atoms with van der Waals surface area (Å²) in [4.78, 5) is 17.9. The van der Waals surface area contributed by atoms with Gasteiger partial charge in [-0.25, -0.2) is 13.1 Å². The first kappa shape index (κ1) is 27.5. The standard InChI is InChI=1S/C31H28N4O3S/c1-31(2,3)35-39(37,38)29-13-5-4-11-26(29)24-14-16-25(17-15-24)34-30(36)27(28-12-6-7-18-33-28)20-22-9-8-10-23(19-22)21-32/h4-20,35H,1-3H3,(H,34,36). The van der Waals surface area contributed by atoms with Gasteiger partial charge in [0.1, 0.15) is 0 Å². The summed E-state index contributed by atoms with van der Waals surface area (Å²) < 4.78 is 28.8. The Balaban J connectivity index is 1.63. The van der Waals surface area contributed by atoms with Crippen LogP contribution in [0.3, 0.4) is 0 Å². The molecule has 8 heteroatoms. The molecule has 0 unspecified atom stereocenters. The zero-order chi connectivity index (χ0) is 28.0. The number of anilines is 1. The first-order valence-electron chi connectivity index (χ1n) is 12.2. The van der Waals surface area contributed by atoms with Crippen molar-refractivity contribution in [2.45, 2.75) is 31.2 Å². The van der Waals surface area contributed by atoms with E-state index in [1.165, 1.54) is 0 Å². The van der Waals surface area contributed by atoms with E-state index in [1.807, 2.05) is 6.07 Å². The fraction of sp³-hybridized carbons (Fsp3) is 0.129. The molecule has 2 N–H and O–H groups in total. The Kier molecular flexibility index (Phi) is 8.05. The lowest BCUT2D eigenvalue weighted by Gasteiger charge is -2.21. The molecule has 0 radical (unpaired) electrons. The minimum absolute atomic E-state index is 0.177. The largest absolute Gasteiger partial charge is 0.322 e. The van der Waals surface area contributed by atoms with E-state index in [1.54, 1.807) is 118 Å². The number of carbonyl (C=O) groups is 1. The molecule has 0 atom stereocenters. The molecule has 4 aromatic rings. The van der Waals surface area contributed by atoms with Crippen LogP contribution in [-0.2, 0) is 14.8 Å². The lowest BCUT2D eigenvalue weighted by Crippen LogP contribution is -2.40. The Morgan fingerprint density at radius 2 is 1.64 bits per heavy atom. The highest BCUT2D eigenvalue weighted by Gasteiger charge is 2.24. The summed E-state index contributed by atoms with van der Waals surface area (Å²) in [6.45, 7) is 5.37. The van der Waals surface area contributed by atoms with Gasteiger partial charge in [0.05, 0.1) is 27.8 Å². The minimum Gasteiger partial charge on any atom is -0.322 e. The number of aromatic nitrogens is 1. The van der Waals surface area contributed by atoms with Crippen LogP contribution < -0.4 is 10.0 Å². The smallest absolute Gasteiger partial charge is 0.257 e. The highest BCUT2D eigenvalue weighted by Crippen LogP contribution is 2.29. The van der Waals surface area contributed by atoms with E-state index in [2.05, 4.69) is 21.1 Å². The van der Waals surface area contributed by atoms with Gasteiger partial charge in [-0.05, 0) is 80.4 Å². The molecule has 196 valence electrons. The Hall–Kier alpha value is -4.58. The Bertz CT molecular complexity index is 1670. The van der Waals surface area contributed by atoms with Crippen LogP contribution in [0.15, 0.2) is 102 Å². The number of pyridine rings is 1. The number of carbonyl (C=O) groups excluding carboxylic acids is 1. The van der Waals surface area contributed by atoms with E-state index in [9.17, 15) is 18.5 Å². The van der Waals surface area contributed by atoms with Gasteiger partial charge in [-0.3, -0.25) is 9.78 Å². The second-order valence-electron chi connectivity index (χ2n) is 9.89. The van der Waals surface area contributed by atoms with Gasteiger partial charge in [-0.1, -0.05) is 48.5 Å². The Morgan fingerprint density at radius 1 is 0.923 bits per heavy atom. The average molecular weight is 537 g/mol. The molecule has 1 aromatic heterocycles. The maximum absolute atomic E-state index is 13.4. The van der Waals surface area contributed by atoms with Crippen LogP contribution in [0.25, 0.3) is 22.8 Å². The van der Waals surface area contributed by atoms with E-state index in [-0.39, 0.29) is 10.8 Å². The van der Waals surface area contributed by atoms with Gasteiger partial charge in [-0.2, -0.15) is 5.26 Å². The third-order valence-corrected chi connectivity index (χ3v) is 7.40. The lowest BCUT2D eigenvalue weighted by atomic mass is 10.0. The zero-order valence-corrected chi connectivity index (χ0v) is 22.7. The van der Waals surface area contributed by atoms with Gasteiger partial charge in [-0.15, -0.1) is 0 Å². The topological polar surface area (TPSA) is 112 Å². The highest BCUT2D eigenvalue weighted by molar-refractivity contribution is 7.89. The van der Waals surface area contributed by atoms with E-state index in [4.69, 9.17) is 0 Å². The molecular formula is C31H28N4O3S. The molecule has 1 amide bonds. The van der Waals surface area contributed by atoms with Gasteiger partial charge >= 0.3 is 0 Å². The Labute approximate surface area is 228 Å². The molecule has 0 spiro atoms. The van der Waals surface area contributed by atoms with Crippen molar-refractivity contribution in [2.24, 2.45) is 0 Å². The van der Waals surface area contributed by atoms with Crippen molar-refractivity contribution in [3.63, 3.8) is 0 Å². The molecular weight excluding hydrogens is 508 g/mol. The van der Waals surface area contributed by atoms with Crippen molar-refractivity contribution in [3.8, 4) is 17.2 Å². The van der Waals surface area contributed by atoms with E-state index < -0.39 is 15.6 Å². The molecule has 39 heavy (non-hydrogen) atoms. The molecule has 1 heterocycles. The number of benzene rings is 3. The average Bonchev–Trinajstić information content (AvgIpc) is 2.91. The van der Waals surface area contributed by atoms with Crippen molar-refractivity contribution >= 4 is 33.3 Å².